The molecule has 0 aliphatic heterocycles. The Labute approximate surface area is 100 Å². The van der Waals surface area contributed by atoms with Crippen molar-refractivity contribution in [3.8, 4) is 0 Å². The van der Waals surface area contributed by atoms with E-state index in [1.54, 1.807) is 0 Å². The minimum Gasteiger partial charge on any atom is -0.460 e. The summed E-state index contributed by atoms with van der Waals surface area (Å²) in [5.74, 6) is -0.374. The quantitative estimate of drug-likeness (QED) is 0.632. The van der Waals surface area contributed by atoms with Gasteiger partial charge >= 0.3 is 5.97 Å². The third-order valence-corrected chi connectivity index (χ3v) is 2.88. The fourth-order valence-corrected chi connectivity index (χ4v) is 2.00. The summed E-state index contributed by atoms with van der Waals surface area (Å²) >= 11 is 1.81. The Balaban J connectivity index is 2.48. The lowest BCUT2D eigenvalue weighted by Crippen LogP contribution is -2.16. The third-order valence-electron chi connectivity index (χ3n) is 1.86. The minimum atomic E-state index is -0.374. The molecule has 0 saturated heterocycles. The van der Waals surface area contributed by atoms with E-state index in [0.717, 1.165) is 5.56 Å². The highest BCUT2D eigenvalue weighted by molar-refractivity contribution is 7.99. The lowest BCUT2D eigenvalue weighted by molar-refractivity contribution is -0.143. The van der Waals surface area contributed by atoms with Crippen molar-refractivity contribution in [3.63, 3.8) is 0 Å². The third kappa shape index (κ3) is 4.68. The first kappa shape index (κ1) is 13.1. The highest BCUT2D eigenvalue weighted by Crippen LogP contribution is 2.22. The summed E-state index contributed by atoms with van der Waals surface area (Å²) in [6.07, 6.45) is 0. The van der Waals surface area contributed by atoms with Gasteiger partial charge in [0.15, 0.2) is 0 Å². The molecular formula is C12H17NO2S. The van der Waals surface area contributed by atoms with Crippen LogP contribution in [0.2, 0.25) is 0 Å². The molecule has 0 atom stereocenters. The highest BCUT2D eigenvalue weighted by Gasteiger charge is 2.01. The Bertz CT molecular complexity index is 335. The van der Waals surface area contributed by atoms with Gasteiger partial charge in [0.1, 0.15) is 6.61 Å². The molecule has 0 amide bonds. The summed E-state index contributed by atoms with van der Waals surface area (Å²) < 4.78 is 4.93. The number of ether oxygens (including phenoxy) is 1. The zero-order valence-electron chi connectivity index (χ0n) is 9.60. The summed E-state index contributed by atoms with van der Waals surface area (Å²) in [4.78, 5) is 12.1. The molecule has 0 aliphatic rings. The van der Waals surface area contributed by atoms with Crippen LogP contribution in [-0.4, -0.2) is 17.8 Å². The van der Waals surface area contributed by atoms with Gasteiger partial charge in [-0.15, -0.1) is 11.8 Å². The van der Waals surface area contributed by atoms with E-state index in [4.69, 9.17) is 10.5 Å². The molecule has 1 aromatic carbocycles. The van der Waals surface area contributed by atoms with Crippen LogP contribution in [-0.2, 0) is 16.1 Å². The molecule has 0 radical (unpaired) electrons. The standard InChI is InChI=1S/C12H17NO2S/c1-9(2)16-11-5-3-10(4-6-11)8-15-12(14)7-13/h3-6,9H,7-8,13H2,1-2H3. The van der Waals surface area contributed by atoms with Gasteiger partial charge in [0, 0.05) is 10.1 Å². The van der Waals surface area contributed by atoms with Crippen LogP contribution >= 0.6 is 11.8 Å². The van der Waals surface area contributed by atoms with Crippen LogP contribution in [0.1, 0.15) is 19.4 Å². The Morgan fingerprint density at radius 2 is 2.00 bits per heavy atom. The van der Waals surface area contributed by atoms with Crippen LogP contribution in [0.25, 0.3) is 0 Å². The van der Waals surface area contributed by atoms with E-state index in [2.05, 4.69) is 13.8 Å². The Morgan fingerprint density at radius 3 is 2.50 bits per heavy atom. The van der Waals surface area contributed by atoms with E-state index >= 15 is 0 Å². The van der Waals surface area contributed by atoms with Crippen LogP contribution in [0.5, 0.6) is 0 Å². The van der Waals surface area contributed by atoms with Crippen molar-refractivity contribution in [2.45, 2.75) is 30.6 Å². The fourth-order valence-electron chi connectivity index (χ4n) is 1.16. The predicted molar refractivity (Wildman–Crippen MR) is 66.3 cm³/mol. The van der Waals surface area contributed by atoms with Crippen LogP contribution in [0.15, 0.2) is 29.2 Å². The summed E-state index contributed by atoms with van der Waals surface area (Å²) in [6, 6.07) is 8.01. The molecule has 88 valence electrons. The average molecular weight is 239 g/mol. The number of rotatable bonds is 5. The van der Waals surface area contributed by atoms with Crippen LogP contribution in [0.4, 0.5) is 0 Å². The number of benzene rings is 1. The van der Waals surface area contributed by atoms with Crippen LogP contribution < -0.4 is 5.73 Å². The first-order valence-corrected chi connectivity index (χ1v) is 6.11. The predicted octanol–water partition coefficient (Wildman–Crippen LogP) is 2.19. The molecule has 1 rings (SSSR count). The zero-order valence-corrected chi connectivity index (χ0v) is 10.4. The van der Waals surface area contributed by atoms with Gasteiger partial charge in [0.25, 0.3) is 0 Å². The van der Waals surface area contributed by atoms with Crippen LogP contribution in [0.3, 0.4) is 0 Å². The number of nitrogens with two attached hydrogens (primary N) is 1. The van der Waals surface area contributed by atoms with Gasteiger partial charge in [-0.05, 0) is 17.7 Å². The molecular weight excluding hydrogens is 222 g/mol. The molecule has 3 nitrogen and oxygen atoms in total. The summed E-state index contributed by atoms with van der Waals surface area (Å²) in [5.41, 5.74) is 6.12. The summed E-state index contributed by atoms with van der Waals surface area (Å²) in [6.45, 7) is 4.53. The normalized spacial score (nSPS) is 10.5. The maximum atomic E-state index is 10.8. The molecule has 2 N–H and O–H groups in total. The van der Waals surface area contributed by atoms with E-state index in [9.17, 15) is 4.79 Å². The second-order valence-corrected chi connectivity index (χ2v) is 5.33. The second-order valence-electron chi connectivity index (χ2n) is 3.68. The lowest BCUT2D eigenvalue weighted by Gasteiger charge is -2.06. The number of thioether (sulfide) groups is 1. The van der Waals surface area contributed by atoms with Crippen molar-refractivity contribution < 1.29 is 9.53 Å². The Kier molecular flexibility index (Phi) is 5.35. The Morgan fingerprint density at radius 1 is 1.38 bits per heavy atom. The van der Waals surface area contributed by atoms with Crippen molar-refractivity contribution >= 4 is 17.7 Å². The number of hydrogen-bond acceptors (Lipinski definition) is 4. The number of carbonyl (C=O) groups is 1. The second kappa shape index (κ2) is 6.55. The van der Waals surface area contributed by atoms with Gasteiger partial charge in [-0.1, -0.05) is 26.0 Å². The van der Waals surface area contributed by atoms with Crippen molar-refractivity contribution in [1.29, 1.82) is 0 Å². The average Bonchev–Trinajstić information content (AvgIpc) is 2.27. The van der Waals surface area contributed by atoms with E-state index in [0.29, 0.717) is 11.9 Å². The molecule has 0 aromatic heterocycles. The maximum absolute atomic E-state index is 10.8. The molecule has 0 unspecified atom stereocenters. The number of hydrogen-bond donors (Lipinski definition) is 1. The van der Waals surface area contributed by atoms with Gasteiger partial charge in [0.2, 0.25) is 0 Å². The van der Waals surface area contributed by atoms with Crippen molar-refractivity contribution in [2.75, 3.05) is 6.54 Å². The van der Waals surface area contributed by atoms with E-state index in [1.165, 1.54) is 4.90 Å². The maximum Gasteiger partial charge on any atom is 0.320 e. The van der Waals surface area contributed by atoms with E-state index in [-0.39, 0.29) is 12.5 Å². The first-order chi connectivity index (χ1) is 7.61. The van der Waals surface area contributed by atoms with Crippen molar-refractivity contribution in [2.24, 2.45) is 5.73 Å². The smallest absolute Gasteiger partial charge is 0.320 e. The summed E-state index contributed by atoms with van der Waals surface area (Å²) in [5, 5.41) is 0.570. The zero-order chi connectivity index (χ0) is 12.0. The molecule has 1 aromatic rings. The topological polar surface area (TPSA) is 52.3 Å². The highest BCUT2D eigenvalue weighted by atomic mass is 32.2. The van der Waals surface area contributed by atoms with Gasteiger partial charge < -0.3 is 10.5 Å². The molecule has 0 spiro atoms. The summed E-state index contributed by atoms with van der Waals surface area (Å²) in [7, 11) is 0. The molecule has 0 bridgehead atoms. The monoisotopic (exact) mass is 239 g/mol. The van der Waals surface area contributed by atoms with Crippen molar-refractivity contribution in [3.05, 3.63) is 29.8 Å². The lowest BCUT2D eigenvalue weighted by atomic mass is 10.2. The van der Waals surface area contributed by atoms with Gasteiger partial charge in [0.05, 0.1) is 6.54 Å². The largest absolute Gasteiger partial charge is 0.460 e. The van der Waals surface area contributed by atoms with Gasteiger partial charge in [-0.3, -0.25) is 4.79 Å². The SMILES string of the molecule is CC(C)Sc1ccc(COC(=O)CN)cc1. The molecule has 16 heavy (non-hydrogen) atoms. The van der Waals surface area contributed by atoms with Crippen LogP contribution in [0, 0.1) is 0 Å². The first-order valence-electron chi connectivity index (χ1n) is 5.23. The molecule has 0 heterocycles. The van der Waals surface area contributed by atoms with Crippen molar-refractivity contribution in [1.82, 2.24) is 0 Å². The number of carbonyl (C=O) groups excluding carboxylic acids is 1. The molecule has 0 fully saturated rings. The minimum absolute atomic E-state index is 0.0682. The van der Waals surface area contributed by atoms with E-state index in [1.807, 2.05) is 36.0 Å². The molecule has 0 aliphatic carbocycles. The van der Waals surface area contributed by atoms with Gasteiger partial charge in [-0.25, -0.2) is 0 Å². The Hall–Kier alpha value is -1.00. The fraction of sp³-hybridized carbons (Fsp3) is 0.417. The van der Waals surface area contributed by atoms with Gasteiger partial charge in [-0.2, -0.15) is 0 Å². The molecule has 0 saturated carbocycles. The number of esters is 1. The van der Waals surface area contributed by atoms with E-state index < -0.39 is 0 Å². The molecule has 4 heteroatoms.